The van der Waals surface area contributed by atoms with Gasteiger partial charge in [0, 0.05) is 62.0 Å². The van der Waals surface area contributed by atoms with E-state index in [1.165, 1.54) is 0 Å². The van der Waals surface area contributed by atoms with Gasteiger partial charge >= 0.3 is 0 Å². The van der Waals surface area contributed by atoms with Gasteiger partial charge in [-0.2, -0.15) is 0 Å². The van der Waals surface area contributed by atoms with Crippen molar-refractivity contribution in [3.63, 3.8) is 0 Å². The second-order valence-electron chi connectivity index (χ2n) is 21.9. The Balaban J connectivity index is -0.000000137. The molecule has 0 bridgehead atoms. The van der Waals surface area contributed by atoms with Crippen LogP contribution >= 0.6 is 0 Å². The molecule has 0 saturated heterocycles. The van der Waals surface area contributed by atoms with Crippen molar-refractivity contribution in [3.05, 3.63) is 0 Å². The van der Waals surface area contributed by atoms with Crippen LogP contribution in [0.25, 0.3) is 0 Å². The lowest BCUT2D eigenvalue weighted by molar-refractivity contribution is -0.0983. The Morgan fingerprint density at radius 3 is 0.765 bits per heavy atom. The highest BCUT2D eigenvalue weighted by Crippen LogP contribution is 2.15. The molecule has 0 aromatic heterocycles. The second kappa shape index (κ2) is 64.4. The van der Waals surface area contributed by atoms with Gasteiger partial charge in [-0.25, -0.2) is 0 Å². The summed E-state index contributed by atoms with van der Waals surface area (Å²) in [6.45, 7) is 45.7. The summed E-state index contributed by atoms with van der Waals surface area (Å²) in [5, 5.41) is 0. The molecule has 0 fully saturated rings. The number of hydrogen-bond donors (Lipinski definition) is 0. The van der Waals surface area contributed by atoms with Crippen LogP contribution in [-0.4, -0.2) is 227 Å². The predicted molar refractivity (Wildman–Crippen MR) is 352 cm³/mol. The van der Waals surface area contributed by atoms with Crippen LogP contribution in [0.15, 0.2) is 0 Å². The number of rotatable bonds is 50. The van der Waals surface area contributed by atoms with Crippen molar-refractivity contribution in [3.8, 4) is 0 Å². The molecule has 504 valence electrons. The lowest BCUT2D eigenvalue weighted by atomic mass is 10.3. The van der Waals surface area contributed by atoms with Gasteiger partial charge in [-0.05, 0) is 152 Å². The molecule has 0 aromatic rings. The smallest absolute Gasteiger partial charge is 0.186 e. The van der Waals surface area contributed by atoms with E-state index in [4.69, 9.17) is 79.6 Å². The van der Waals surface area contributed by atoms with Gasteiger partial charge in [0.2, 0.25) is 0 Å². The Morgan fingerprint density at radius 1 is 0.259 bits per heavy atom. The lowest BCUT2D eigenvalue weighted by Gasteiger charge is -2.22. The summed E-state index contributed by atoms with van der Waals surface area (Å²) in [6, 6.07) is 3.37. The molecule has 0 aromatic carbocycles. The first kappa shape index (κ1) is 100.0. The van der Waals surface area contributed by atoms with Crippen molar-refractivity contribution < 1.29 is 79.6 Å². The van der Waals surface area contributed by atoms with E-state index in [2.05, 4.69) is 46.2 Å². The summed E-state index contributed by atoms with van der Waals surface area (Å²) in [5.41, 5.74) is 0. The fourth-order valence-corrected chi connectivity index (χ4v) is 9.92. The van der Waals surface area contributed by atoms with Crippen molar-refractivity contribution in [2.75, 3.05) is 141 Å². The highest BCUT2D eigenvalue weighted by atomic mass is 28.4. The van der Waals surface area contributed by atoms with Gasteiger partial charge in [0.25, 0.3) is 0 Å². The van der Waals surface area contributed by atoms with E-state index in [0.29, 0.717) is 79.3 Å². The van der Waals surface area contributed by atoms with Crippen LogP contribution in [0.5, 0.6) is 0 Å². The zero-order valence-electron chi connectivity index (χ0n) is 52.5. The molecular weight excluding hydrogens is 1090 g/mol. The molecule has 0 spiro atoms. The molecule has 0 amide bonds. The first-order chi connectivity index (χ1) is 35.3. The molecule has 81 heavy (non-hydrogen) atoms. The van der Waals surface area contributed by atoms with E-state index >= 15 is 0 Å². The molecule has 0 aliphatic carbocycles. The topological polar surface area (TPSA) is 157 Å². The minimum Gasteiger partial charge on any atom is -0.420 e. The molecule has 17 nitrogen and oxygen atoms in total. The largest absolute Gasteiger partial charge is 0.420 e. The molecule has 20 heteroatoms. The van der Waals surface area contributed by atoms with Crippen LogP contribution in [0.4, 0.5) is 0 Å². The van der Waals surface area contributed by atoms with E-state index in [9.17, 15) is 0 Å². The van der Waals surface area contributed by atoms with Crippen LogP contribution < -0.4 is 0 Å². The van der Waals surface area contributed by atoms with Gasteiger partial charge in [0.1, 0.15) is 0 Å². The summed E-state index contributed by atoms with van der Waals surface area (Å²) >= 11 is 0. The van der Waals surface area contributed by atoms with Crippen molar-refractivity contribution in [2.45, 2.75) is 265 Å². The van der Waals surface area contributed by atoms with E-state index < -0.39 is 25.0 Å². The first-order valence-corrected chi connectivity index (χ1v) is 37.6. The zero-order valence-corrected chi connectivity index (χ0v) is 55.5. The van der Waals surface area contributed by atoms with Crippen LogP contribution in [0.2, 0.25) is 57.4 Å². The maximum Gasteiger partial charge on any atom is 0.186 e. The lowest BCUT2D eigenvalue weighted by Crippen LogP contribution is -2.30. The van der Waals surface area contributed by atoms with Crippen molar-refractivity contribution in [1.82, 2.24) is 0 Å². The van der Waals surface area contributed by atoms with Gasteiger partial charge in [0.05, 0.1) is 140 Å². The number of ether oxygens (including phenoxy) is 14. The molecule has 0 aliphatic rings. The van der Waals surface area contributed by atoms with Gasteiger partial charge in [-0.1, -0.05) is 51.5 Å². The minimum absolute atomic E-state index is 0. The monoisotopic (exact) mass is 1230 g/mol. The van der Waals surface area contributed by atoms with E-state index in [0.717, 1.165) is 70.2 Å². The van der Waals surface area contributed by atoms with E-state index in [1.807, 2.05) is 76.3 Å². The molecule has 0 radical (unpaired) electrons. The summed E-state index contributed by atoms with van der Waals surface area (Å²) in [5.74, 6) is 0. The summed E-state index contributed by atoms with van der Waals surface area (Å²) in [6.07, 6.45) is 4.69. The SMILES string of the molecule is C.C.C.C.C.C.CCCOCC(C)OCC(C)OCC(C)OCC(C)OCCC[Si](C)(C)OC.COCC(C)OCC(C)OCC(C)OCC(C)OCC(C)OCCC[Si](C)(C)OC.COCC(C)OCCOCCC[Si](C)(C)OC. The summed E-state index contributed by atoms with van der Waals surface area (Å²) < 4.78 is 95.3. The number of hydrogen-bond acceptors (Lipinski definition) is 17. The Hall–Kier alpha value is -0.0294. The first-order valence-electron chi connectivity index (χ1n) is 28.3. The Bertz CT molecular complexity index is 1200. The maximum atomic E-state index is 5.85. The van der Waals surface area contributed by atoms with Gasteiger partial charge in [0.15, 0.2) is 25.0 Å². The normalized spacial score (nSPS) is 15.2. The summed E-state index contributed by atoms with van der Waals surface area (Å²) in [4.78, 5) is 0. The second-order valence-corrected chi connectivity index (χ2v) is 35.1. The molecule has 0 rings (SSSR count). The third-order valence-corrected chi connectivity index (χ3v) is 19.8. The zero-order chi connectivity index (χ0) is 57.6. The molecular formula is C61H146O17Si3. The minimum atomic E-state index is -1.48. The van der Waals surface area contributed by atoms with Crippen LogP contribution in [0.3, 0.4) is 0 Å². The quantitative estimate of drug-likeness (QED) is 0.0418. The fourth-order valence-electron chi connectivity index (χ4n) is 6.32. The van der Waals surface area contributed by atoms with Crippen LogP contribution in [-0.2, 0) is 79.6 Å². The van der Waals surface area contributed by atoms with Crippen molar-refractivity contribution >= 4 is 25.0 Å². The van der Waals surface area contributed by atoms with Crippen molar-refractivity contribution in [2.24, 2.45) is 0 Å². The Morgan fingerprint density at radius 2 is 0.494 bits per heavy atom. The highest BCUT2D eigenvalue weighted by molar-refractivity contribution is 6.71. The Labute approximate surface area is 508 Å². The molecule has 10 atom stereocenters. The maximum absolute atomic E-state index is 5.85. The van der Waals surface area contributed by atoms with Gasteiger partial charge in [-0.15, -0.1) is 0 Å². The standard InChI is InChI=1S/C22H48O7Si.C21H46O6Si.C12H28O4Si.6CH4/c1-18(13-23-6)26-15-20(3)28-17-22(5)29-16-21(4)27-14-19(2)25-11-10-12-30(8,9)24-7;1-9-11-23-14-18(2)25-16-20(4)27-17-21(5)26-15-19(3)24-12-10-13-28(7,8)22-6;1-12(11-13-2)16-9-8-15-7-6-10-17(4,5)14-3;;;;;;/h18-22H,10-17H2,1-9H3;18-21H,9-17H2,1-8H3;12H,6-11H2,1-5H3;6*1H4. The summed E-state index contributed by atoms with van der Waals surface area (Å²) in [7, 11) is 4.40. The van der Waals surface area contributed by atoms with Gasteiger partial charge in [-0.3, -0.25) is 0 Å². The third-order valence-electron chi connectivity index (χ3n) is 11.8. The predicted octanol–water partition coefficient (Wildman–Crippen LogP) is 14.3. The molecule has 0 aliphatic heterocycles. The molecule has 0 heterocycles. The van der Waals surface area contributed by atoms with E-state index in [1.54, 1.807) is 28.4 Å². The average molecular weight is 1240 g/mol. The molecule has 10 unspecified atom stereocenters. The number of methoxy groups -OCH3 is 2. The van der Waals surface area contributed by atoms with E-state index in [-0.39, 0.29) is 106 Å². The molecule has 0 N–H and O–H groups in total. The van der Waals surface area contributed by atoms with Crippen molar-refractivity contribution in [1.29, 1.82) is 0 Å². The van der Waals surface area contributed by atoms with Gasteiger partial charge < -0.3 is 79.6 Å². The fraction of sp³-hybridized carbons (Fsp3) is 1.00. The highest BCUT2D eigenvalue weighted by Gasteiger charge is 2.22. The Kier molecular flexibility index (Phi) is 79.5. The van der Waals surface area contributed by atoms with Crippen LogP contribution in [0, 0.1) is 0 Å². The average Bonchev–Trinajstić information content (AvgIpc) is 3.37. The van der Waals surface area contributed by atoms with Crippen LogP contribution in [0.1, 0.15) is 146 Å². The third kappa shape index (κ3) is 72.4. The molecule has 0 saturated carbocycles.